The van der Waals surface area contributed by atoms with Gasteiger partial charge in [-0.1, -0.05) is 16.9 Å². The van der Waals surface area contributed by atoms with E-state index in [0.29, 0.717) is 11.3 Å². The van der Waals surface area contributed by atoms with Crippen LogP contribution in [0.15, 0.2) is 57.6 Å². The summed E-state index contributed by atoms with van der Waals surface area (Å²) in [6.45, 7) is -1.02. The third-order valence-corrected chi connectivity index (χ3v) is 9.07. The standard InChI is InChI=1S/C23H22FN7O6S3/c24-11-37-28-16(14-10-40-23(25)26-14)19(33)27-17-20(34)31-18(22(35)36)12(9-39-21(17)31)7-29-3-4-30-13(8-29)1-2-15(30)38-6-5-32/h1-4,8,10,17,21,32H,5-7,9,11H2,(H3-,25,26,27,33,35,36)/b28-16-/t17-,21+/m1/s1. The van der Waals surface area contributed by atoms with E-state index in [-0.39, 0.29) is 41.1 Å². The predicted octanol–water partition coefficient (Wildman–Crippen LogP) is -0.922. The molecular formula is C23H22FN7O6S3. The summed E-state index contributed by atoms with van der Waals surface area (Å²) >= 11 is 3.84. The molecule has 13 nitrogen and oxygen atoms in total. The summed E-state index contributed by atoms with van der Waals surface area (Å²) in [6, 6.07) is 2.79. The lowest BCUT2D eigenvalue weighted by Gasteiger charge is -2.50. The summed E-state index contributed by atoms with van der Waals surface area (Å²) in [4.78, 5) is 47.6. The number of hydrogen-bond donors (Lipinski definition) is 3. The van der Waals surface area contributed by atoms with Crippen LogP contribution in [0, 0.1) is 0 Å². The van der Waals surface area contributed by atoms with Crippen molar-refractivity contribution in [1.29, 1.82) is 0 Å². The molecule has 5 heterocycles. The van der Waals surface area contributed by atoms with Crippen LogP contribution in [0.25, 0.3) is 5.69 Å². The Labute approximate surface area is 238 Å². The van der Waals surface area contributed by atoms with Crippen molar-refractivity contribution in [3.8, 4) is 5.69 Å². The number of aliphatic hydroxyl groups is 1. The van der Waals surface area contributed by atoms with Gasteiger partial charge in [-0.25, -0.2) is 9.37 Å². The molecule has 1 saturated heterocycles. The number of anilines is 1. The Morgan fingerprint density at radius 3 is 2.95 bits per heavy atom. The molecule has 0 saturated carbocycles. The summed E-state index contributed by atoms with van der Waals surface area (Å²) in [6.07, 6.45) is 5.49. The van der Waals surface area contributed by atoms with Gasteiger partial charge in [0.2, 0.25) is 10.7 Å². The van der Waals surface area contributed by atoms with E-state index in [0.717, 1.165) is 27.0 Å². The van der Waals surface area contributed by atoms with Crippen LogP contribution in [0.3, 0.4) is 0 Å². The van der Waals surface area contributed by atoms with E-state index in [9.17, 15) is 23.9 Å². The van der Waals surface area contributed by atoms with Crippen molar-refractivity contribution in [1.82, 2.24) is 19.8 Å². The Morgan fingerprint density at radius 1 is 1.43 bits per heavy atom. The van der Waals surface area contributed by atoms with E-state index in [1.165, 1.54) is 28.9 Å². The normalized spacial score (nSPS) is 19.0. The van der Waals surface area contributed by atoms with Crippen molar-refractivity contribution in [3.05, 3.63) is 53.1 Å². The van der Waals surface area contributed by atoms with Gasteiger partial charge in [-0.3, -0.25) is 14.5 Å². The molecule has 2 atom stereocenters. The molecule has 0 spiro atoms. The number of rotatable bonds is 11. The van der Waals surface area contributed by atoms with Gasteiger partial charge in [0.1, 0.15) is 17.1 Å². The maximum atomic E-state index is 13.1. The lowest BCUT2D eigenvalue weighted by atomic mass is 10.0. The fraction of sp³-hybridized carbons (Fsp3) is 0.304. The Hall–Kier alpha value is -3.67. The molecule has 40 heavy (non-hydrogen) atoms. The van der Waals surface area contributed by atoms with Crippen molar-refractivity contribution >= 4 is 63.5 Å². The van der Waals surface area contributed by atoms with E-state index in [1.807, 2.05) is 33.7 Å². The summed E-state index contributed by atoms with van der Waals surface area (Å²) < 4.78 is 16.3. The number of carboxylic acid groups (broad SMARTS) is 1. The van der Waals surface area contributed by atoms with Gasteiger partial charge < -0.3 is 35.5 Å². The molecule has 0 unspecified atom stereocenters. The minimum absolute atomic E-state index is 0.0436. The molecule has 5 rings (SSSR count). The number of β-lactam (4-membered cyclic amide) rings is 1. The van der Waals surface area contributed by atoms with Crippen LogP contribution in [0.2, 0.25) is 0 Å². The minimum atomic E-state index is -1.50. The number of nitrogens with one attached hydrogen (secondary N) is 1. The zero-order valence-electron chi connectivity index (χ0n) is 20.6. The second-order valence-electron chi connectivity index (χ2n) is 8.49. The average molecular weight is 608 g/mol. The topological polar surface area (TPSA) is 179 Å². The number of aliphatic carboxylic acids is 1. The van der Waals surface area contributed by atoms with Crippen molar-refractivity contribution < 1.29 is 38.4 Å². The number of nitrogens with zero attached hydrogens (tertiary/aromatic N) is 5. The molecule has 210 valence electrons. The first-order chi connectivity index (χ1) is 19.3. The van der Waals surface area contributed by atoms with Crippen molar-refractivity contribution in [2.24, 2.45) is 5.16 Å². The predicted molar refractivity (Wildman–Crippen MR) is 142 cm³/mol. The first kappa shape index (κ1) is 27.9. The Morgan fingerprint density at radius 2 is 2.25 bits per heavy atom. The van der Waals surface area contributed by atoms with Crippen LogP contribution in [0.4, 0.5) is 9.52 Å². The van der Waals surface area contributed by atoms with E-state index >= 15 is 0 Å². The molecule has 4 aliphatic rings. The highest BCUT2D eigenvalue weighted by molar-refractivity contribution is 8.00. The van der Waals surface area contributed by atoms with Gasteiger partial charge in [-0.2, -0.15) is 4.57 Å². The summed E-state index contributed by atoms with van der Waals surface area (Å²) in [7, 11) is 0. The summed E-state index contributed by atoms with van der Waals surface area (Å²) in [5, 5.41) is 29.1. The van der Waals surface area contributed by atoms with Crippen molar-refractivity contribution in [3.63, 3.8) is 0 Å². The number of halogens is 1. The molecule has 0 radical (unpaired) electrons. The number of carbonyl (C=O) groups excluding carboxylic acids is 3. The lowest BCUT2D eigenvalue weighted by molar-refractivity contribution is -0.633. The molecule has 1 aromatic heterocycles. The van der Waals surface area contributed by atoms with Crippen LogP contribution in [0.5, 0.6) is 0 Å². The number of hydrogen-bond acceptors (Lipinski definition) is 12. The van der Waals surface area contributed by atoms with E-state index < -0.39 is 36.1 Å². The molecule has 1 aromatic rings. The first-order valence-electron chi connectivity index (χ1n) is 11.7. The van der Waals surface area contributed by atoms with Crippen LogP contribution in [0.1, 0.15) is 5.69 Å². The number of thioether (sulfide) groups is 2. The molecule has 1 fully saturated rings. The van der Waals surface area contributed by atoms with Crippen molar-refractivity contribution in [2.75, 3.05) is 30.7 Å². The maximum absolute atomic E-state index is 13.1. The Kier molecular flexibility index (Phi) is 8.24. The lowest BCUT2D eigenvalue weighted by Crippen LogP contribution is -2.71. The van der Waals surface area contributed by atoms with Gasteiger partial charge in [-0.15, -0.1) is 23.1 Å². The number of nitrogens with two attached hydrogens (primary N) is 1. The Bertz CT molecular complexity index is 1490. The van der Waals surface area contributed by atoms with Gasteiger partial charge in [0.05, 0.1) is 30.7 Å². The fourth-order valence-electron chi connectivity index (χ4n) is 4.35. The smallest absolute Gasteiger partial charge is 0.276 e. The molecule has 4 N–H and O–H groups in total. The molecule has 2 amide bonds. The number of carbonyl (C=O) groups is 3. The second kappa shape index (κ2) is 11.8. The summed E-state index contributed by atoms with van der Waals surface area (Å²) in [5.74, 6) is -2.15. The number of carboxylic acids is 1. The quantitative estimate of drug-likeness (QED) is 0.0811. The highest BCUT2D eigenvalue weighted by Crippen LogP contribution is 2.40. The molecule has 0 bridgehead atoms. The third kappa shape index (κ3) is 5.36. The van der Waals surface area contributed by atoms with Gasteiger partial charge in [0.25, 0.3) is 18.7 Å². The second-order valence-corrected chi connectivity index (χ2v) is 11.6. The first-order valence-corrected chi connectivity index (χ1v) is 14.6. The maximum Gasteiger partial charge on any atom is 0.276 e. The average Bonchev–Trinajstić information content (AvgIpc) is 3.55. The van der Waals surface area contributed by atoms with E-state index in [2.05, 4.69) is 20.3 Å². The number of alkyl halides is 1. The summed E-state index contributed by atoms with van der Waals surface area (Å²) in [5.41, 5.74) is 6.41. The zero-order valence-corrected chi connectivity index (χ0v) is 23.0. The molecular weight excluding hydrogens is 585 g/mol. The SMILES string of the molecule is Nc1nc(/C(=N/OCF)C(=O)N[C@@H]2C(=O)N3C(C(=O)[O-])=C(Cn4cc[n+]5c(SCCO)ccc-5c4)CS[C@@H]23)cs1. The number of oxime groups is 1. The van der Waals surface area contributed by atoms with Crippen LogP contribution < -0.4 is 20.7 Å². The molecule has 4 aliphatic heterocycles. The van der Waals surface area contributed by atoms with Gasteiger partial charge in [-0.05, 0) is 5.57 Å². The molecule has 0 aliphatic carbocycles. The zero-order chi connectivity index (χ0) is 28.4. The number of amides is 2. The highest BCUT2D eigenvalue weighted by Gasteiger charge is 2.53. The highest BCUT2D eigenvalue weighted by atomic mass is 32.2. The van der Waals surface area contributed by atoms with E-state index in [1.54, 1.807) is 6.20 Å². The van der Waals surface area contributed by atoms with E-state index in [4.69, 9.17) is 10.8 Å². The van der Waals surface area contributed by atoms with Crippen LogP contribution in [-0.4, -0.2) is 79.4 Å². The van der Waals surface area contributed by atoms with Crippen LogP contribution >= 0.6 is 34.9 Å². The van der Waals surface area contributed by atoms with Gasteiger partial charge in [0, 0.05) is 35.6 Å². The number of aromatic nitrogens is 3. The molecule has 17 heteroatoms. The van der Waals surface area contributed by atoms with Crippen LogP contribution in [-0.2, 0) is 25.8 Å². The number of nitrogen functional groups attached to an aromatic ring is 1. The number of fused-ring (bicyclic) bond motifs is 2. The van der Waals surface area contributed by atoms with Gasteiger partial charge >= 0.3 is 0 Å². The number of aliphatic hydroxyl groups excluding tert-OH is 1. The number of thiazole rings is 1. The Balaban J connectivity index is 1.33. The van der Waals surface area contributed by atoms with Gasteiger partial charge in [0.15, 0.2) is 17.0 Å². The molecule has 0 aromatic carbocycles. The van der Waals surface area contributed by atoms with Crippen molar-refractivity contribution in [2.45, 2.75) is 23.0 Å². The fourth-order valence-corrected chi connectivity index (χ4v) is 7.01. The minimum Gasteiger partial charge on any atom is -0.543 e. The monoisotopic (exact) mass is 607 g/mol. The third-order valence-electron chi connectivity index (χ3n) is 6.04. The largest absolute Gasteiger partial charge is 0.543 e.